The molecule has 1 N–H and O–H groups in total. The first kappa shape index (κ1) is 45.6. The van der Waals surface area contributed by atoms with Gasteiger partial charge in [-0.05, 0) is 134 Å². The summed E-state index contributed by atoms with van der Waals surface area (Å²) < 4.78 is 110. The number of carbonyl (C=O) groups is 1. The van der Waals surface area contributed by atoms with E-state index in [1.807, 2.05) is 32.9 Å². The first-order valence-corrected chi connectivity index (χ1v) is 19.5. The Morgan fingerprint density at radius 2 is 1.18 bits per heavy atom. The smallest absolute Gasteiger partial charge is 0.473 e. The fraction of sp³-hybridized carbons (Fsp3) is 0.372. The molecule has 4 heterocycles. The van der Waals surface area contributed by atoms with Crippen LogP contribution in [0.3, 0.4) is 0 Å². The molecule has 8 rings (SSSR count). The number of hydrogen-bond acceptors (Lipinski definition) is 11. The number of hydrogen-bond donors (Lipinski definition) is 1. The summed E-state index contributed by atoms with van der Waals surface area (Å²) in [6.45, 7) is 7.80. The number of benzene rings is 4. The van der Waals surface area contributed by atoms with E-state index in [0.29, 0.717) is 47.2 Å². The average molecular weight is 893 g/mol. The van der Waals surface area contributed by atoms with Crippen molar-refractivity contribution in [3.05, 3.63) is 84.9 Å². The number of nitrogens with zero attached hydrogens (tertiary/aromatic N) is 3. The number of halogens is 7. The molecule has 0 radical (unpaired) electrons. The van der Waals surface area contributed by atoms with Gasteiger partial charge in [0.2, 0.25) is 0 Å². The van der Waals surface area contributed by atoms with Crippen LogP contribution in [0.25, 0.3) is 44.2 Å². The van der Waals surface area contributed by atoms with E-state index < -0.39 is 18.3 Å². The highest BCUT2D eigenvalue weighted by Gasteiger charge is 2.34. The van der Waals surface area contributed by atoms with Crippen LogP contribution in [0.2, 0.25) is 0 Å². The predicted octanol–water partition coefficient (Wildman–Crippen LogP) is 11.1. The highest BCUT2D eigenvalue weighted by Crippen LogP contribution is 2.34. The topological polar surface area (TPSA) is 131 Å². The molecule has 2 aliphatic rings. The number of likely N-dealkylation sites (tertiary alicyclic amines) is 1. The molecule has 12 nitrogen and oxygen atoms in total. The number of carbonyl (C=O) groups excluding carboxylic acids is 1. The van der Waals surface area contributed by atoms with Crippen LogP contribution in [0.15, 0.2) is 94.0 Å². The zero-order valence-electron chi connectivity index (χ0n) is 33.7. The Morgan fingerprint density at radius 1 is 0.694 bits per heavy atom. The van der Waals surface area contributed by atoms with E-state index in [0.717, 1.165) is 54.3 Å². The van der Waals surface area contributed by atoms with Crippen LogP contribution in [0, 0.1) is 0 Å². The summed E-state index contributed by atoms with van der Waals surface area (Å²) in [4.78, 5) is 14.2. The minimum Gasteiger partial charge on any atom is -0.473 e. The summed E-state index contributed by atoms with van der Waals surface area (Å²) in [5, 5.41) is 12.7. The summed E-state index contributed by atoms with van der Waals surface area (Å²) >= 11 is 0. The minimum absolute atomic E-state index is 0. The van der Waals surface area contributed by atoms with Gasteiger partial charge in [0.25, 0.3) is 11.8 Å². The third-order valence-electron chi connectivity index (χ3n) is 9.72. The first-order valence-electron chi connectivity index (χ1n) is 19.5. The molecule has 1 amide bonds. The number of alkyl halides is 6. The van der Waals surface area contributed by atoms with Gasteiger partial charge < -0.3 is 42.9 Å². The molecular weight excluding hydrogens is 850 g/mol. The molecule has 4 aromatic carbocycles. The molecule has 0 spiro atoms. The molecule has 0 saturated carbocycles. The number of ether oxygens (including phenoxy) is 5. The lowest BCUT2D eigenvalue weighted by molar-refractivity contribution is -0.275. The summed E-state index contributed by atoms with van der Waals surface area (Å²) in [6.07, 6.45) is -5.99. The normalized spacial score (nSPS) is 16.7. The molecule has 0 bridgehead atoms. The second-order valence-electron chi connectivity index (χ2n) is 15.4. The van der Waals surface area contributed by atoms with Crippen molar-refractivity contribution in [2.45, 2.75) is 76.9 Å². The predicted molar refractivity (Wildman–Crippen MR) is 217 cm³/mol. The maximum Gasteiger partial charge on any atom is 0.573 e. The second-order valence-corrected chi connectivity index (χ2v) is 15.4. The Balaban J connectivity index is 0.000000209. The number of amides is 1. The van der Waals surface area contributed by atoms with Crippen LogP contribution >= 0.6 is 12.4 Å². The largest absolute Gasteiger partial charge is 0.573 e. The lowest BCUT2D eigenvalue weighted by Crippen LogP contribution is -2.42. The van der Waals surface area contributed by atoms with E-state index in [1.165, 1.54) is 36.4 Å². The molecule has 2 aromatic heterocycles. The Hall–Kier alpha value is -5.88. The highest BCUT2D eigenvalue weighted by atomic mass is 35.5. The Labute approximate surface area is 357 Å². The molecule has 6 aromatic rings. The minimum atomic E-state index is -4.74. The molecule has 2 saturated heterocycles. The zero-order chi connectivity index (χ0) is 43.4. The number of aromatic nitrogens is 2. The van der Waals surface area contributed by atoms with Crippen molar-refractivity contribution in [2.75, 3.05) is 26.3 Å². The van der Waals surface area contributed by atoms with Gasteiger partial charge in [-0.2, -0.15) is 0 Å². The van der Waals surface area contributed by atoms with Crippen LogP contribution in [-0.4, -0.2) is 78.0 Å². The third kappa shape index (κ3) is 12.1. The third-order valence-corrected chi connectivity index (χ3v) is 9.72. The van der Waals surface area contributed by atoms with Gasteiger partial charge in [-0.15, -0.1) is 38.7 Å². The van der Waals surface area contributed by atoms with Gasteiger partial charge in [-0.25, -0.2) is 4.79 Å². The number of fused-ring (bicyclic) bond motifs is 2. The van der Waals surface area contributed by atoms with Crippen LogP contribution in [-0.2, 0) is 4.74 Å². The average Bonchev–Trinajstić information content (AvgIpc) is 4.03. The van der Waals surface area contributed by atoms with E-state index in [2.05, 4.69) is 25.1 Å². The second kappa shape index (κ2) is 19.0. The quantitative estimate of drug-likeness (QED) is 0.132. The first-order chi connectivity index (χ1) is 29.0. The fourth-order valence-electron chi connectivity index (χ4n) is 6.92. The molecule has 0 unspecified atom stereocenters. The molecule has 0 aliphatic carbocycles. The molecule has 2 fully saturated rings. The lowest BCUT2D eigenvalue weighted by Gasteiger charge is -2.28. The van der Waals surface area contributed by atoms with Crippen molar-refractivity contribution in [1.29, 1.82) is 0 Å². The molecular formula is C43H43ClF6N4O8. The zero-order valence-corrected chi connectivity index (χ0v) is 34.5. The number of nitrogens with one attached hydrogen (secondary N) is 1. The van der Waals surface area contributed by atoms with Gasteiger partial charge in [-0.1, -0.05) is 36.4 Å². The Bertz CT molecular complexity index is 2410. The maximum atomic E-state index is 12.5. The summed E-state index contributed by atoms with van der Waals surface area (Å²) in [5.41, 5.74) is 3.51. The van der Waals surface area contributed by atoms with E-state index >= 15 is 0 Å². The van der Waals surface area contributed by atoms with Crippen LogP contribution < -0.4 is 24.3 Å². The highest BCUT2D eigenvalue weighted by molar-refractivity contribution is 5.88. The molecule has 62 heavy (non-hydrogen) atoms. The van der Waals surface area contributed by atoms with Gasteiger partial charge in [0.05, 0.1) is 16.8 Å². The van der Waals surface area contributed by atoms with Gasteiger partial charge >= 0.3 is 18.8 Å². The van der Waals surface area contributed by atoms with Gasteiger partial charge in [0.1, 0.15) is 30.3 Å². The van der Waals surface area contributed by atoms with Crippen molar-refractivity contribution in [3.63, 3.8) is 0 Å². The van der Waals surface area contributed by atoms with Crippen molar-refractivity contribution in [2.24, 2.45) is 0 Å². The Morgan fingerprint density at radius 3 is 1.63 bits per heavy atom. The van der Waals surface area contributed by atoms with Crippen molar-refractivity contribution in [1.82, 2.24) is 20.5 Å². The van der Waals surface area contributed by atoms with Crippen LogP contribution in [0.1, 0.15) is 46.5 Å². The molecule has 2 atom stereocenters. The molecule has 2 aliphatic heterocycles. The van der Waals surface area contributed by atoms with Crippen molar-refractivity contribution in [3.8, 4) is 45.5 Å². The van der Waals surface area contributed by atoms with Crippen molar-refractivity contribution >= 4 is 40.4 Å². The van der Waals surface area contributed by atoms with E-state index in [9.17, 15) is 31.1 Å². The van der Waals surface area contributed by atoms with Crippen molar-refractivity contribution < 1.29 is 63.9 Å². The van der Waals surface area contributed by atoms with Crippen LogP contribution in [0.5, 0.6) is 23.3 Å². The standard InChI is InChI=1S/C24H25F3N2O5.C19H17F3N2O3.ClH/c1-23(2,3)33-22(30)29-12-4-5-17(29)14-31-21-19-13-16(8-11-20(19)34-28-21)15-6-9-18(10-7-15)32-24(25,26)27;20-19(21,22)26-15-6-3-12(4-7-15)13-5-8-17-16(10-13)18(24-27-17)25-11-14-2-1-9-23-14;/h6-11,13,17H,4-5,12,14H2,1-3H3;3-8,10,14,23H,1-2,9,11H2;1H/t17-;14-;/m00./s1. The summed E-state index contributed by atoms with van der Waals surface area (Å²) in [5.74, 6) is 0.144. The SMILES string of the molecule is CC(C)(C)OC(=O)N1CCC[C@H]1COc1noc2ccc(-c3ccc(OC(F)(F)F)cc3)cc12.Cl.FC(F)(F)Oc1ccc(-c2ccc3onc(OC[C@@H]4CCCN4)c3c2)cc1. The summed E-state index contributed by atoms with van der Waals surface area (Å²) in [6, 6.07) is 22.1. The summed E-state index contributed by atoms with van der Waals surface area (Å²) in [7, 11) is 0. The molecule has 19 heteroatoms. The van der Waals surface area contributed by atoms with Gasteiger partial charge in [0, 0.05) is 12.6 Å². The number of rotatable bonds is 10. The monoisotopic (exact) mass is 892 g/mol. The van der Waals surface area contributed by atoms with E-state index in [1.54, 1.807) is 41.3 Å². The maximum absolute atomic E-state index is 12.5. The van der Waals surface area contributed by atoms with E-state index in [4.69, 9.17) is 23.3 Å². The van der Waals surface area contributed by atoms with Crippen LogP contribution in [0.4, 0.5) is 31.1 Å². The van der Waals surface area contributed by atoms with Gasteiger partial charge in [-0.3, -0.25) is 0 Å². The van der Waals surface area contributed by atoms with Gasteiger partial charge in [0.15, 0.2) is 11.2 Å². The van der Waals surface area contributed by atoms with E-state index in [-0.39, 0.29) is 48.5 Å². The lowest BCUT2D eigenvalue weighted by atomic mass is 10.0. The molecule has 332 valence electrons. The Kier molecular flexibility index (Phi) is 14.0. The fourth-order valence-corrected chi connectivity index (χ4v) is 6.92.